The van der Waals surface area contributed by atoms with E-state index in [1.165, 1.54) is 37.0 Å². The molecule has 1 aromatic heterocycles. The van der Waals surface area contributed by atoms with Gasteiger partial charge < -0.3 is 5.32 Å². The van der Waals surface area contributed by atoms with Crippen LogP contribution in [0.4, 0.5) is 5.69 Å². The molecule has 0 fully saturated rings. The summed E-state index contributed by atoms with van der Waals surface area (Å²) < 4.78 is 27.0. The number of halogens is 2. The van der Waals surface area contributed by atoms with E-state index >= 15 is 0 Å². The van der Waals surface area contributed by atoms with Crippen LogP contribution in [0.1, 0.15) is 26.3 Å². The number of nitrogens with one attached hydrogen (secondary N) is 1. The Morgan fingerprint density at radius 1 is 1.12 bits per heavy atom. The van der Waals surface area contributed by atoms with Crippen molar-refractivity contribution in [2.45, 2.75) is 36.2 Å². The van der Waals surface area contributed by atoms with Gasteiger partial charge in [-0.1, -0.05) is 61.8 Å². The maximum atomic E-state index is 12.5. The van der Waals surface area contributed by atoms with Crippen LogP contribution < -0.4 is 5.32 Å². The molecule has 0 aliphatic heterocycles. The Bertz CT molecular complexity index is 1320. The molecule has 0 bridgehead atoms. The zero-order valence-corrected chi connectivity index (χ0v) is 22.3. The second kappa shape index (κ2) is 10.2. The Labute approximate surface area is 212 Å². The molecule has 0 unspecified atom stereocenters. The molecule has 1 amide bonds. The Morgan fingerprint density at radius 3 is 2.41 bits per heavy atom. The third kappa shape index (κ3) is 5.89. The van der Waals surface area contributed by atoms with Crippen molar-refractivity contribution in [3.63, 3.8) is 0 Å². The largest absolute Gasteiger partial charge is 0.324 e. The summed E-state index contributed by atoms with van der Waals surface area (Å²) in [5.41, 5.74) is 1.91. The number of anilines is 1. The number of benzene rings is 2. The number of hydrogen-bond acceptors (Lipinski definition) is 7. The van der Waals surface area contributed by atoms with Crippen LogP contribution in [-0.2, 0) is 20.2 Å². The Kier molecular flexibility index (Phi) is 7.93. The van der Waals surface area contributed by atoms with E-state index in [0.717, 1.165) is 21.6 Å². The van der Waals surface area contributed by atoms with E-state index in [-0.39, 0.29) is 27.0 Å². The number of aromatic nitrogens is 4. The lowest BCUT2D eigenvalue weighted by Gasteiger charge is -2.20. The number of sulfonamides is 1. The van der Waals surface area contributed by atoms with Gasteiger partial charge in [-0.3, -0.25) is 4.79 Å². The van der Waals surface area contributed by atoms with Gasteiger partial charge in [-0.05, 0) is 51.7 Å². The monoisotopic (exact) mass is 542 g/mol. The fraction of sp³-hybridized carbons (Fsp3) is 0.333. The minimum absolute atomic E-state index is 0.00779. The topological polar surface area (TPSA) is 110 Å². The predicted octanol–water partition coefficient (Wildman–Crippen LogP) is 4.25. The zero-order chi connectivity index (χ0) is 25.3. The molecule has 0 saturated carbocycles. The molecule has 0 saturated heterocycles. The Morgan fingerprint density at radius 2 is 1.82 bits per heavy atom. The number of carbonyl (C=O) groups is 1. The molecule has 9 nitrogen and oxygen atoms in total. The lowest BCUT2D eigenvalue weighted by atomic mass is 9.87. The molecule has 3 aromatic rings. The fourth-order valence-corrected chi connectivity index (χ4v) is 5.02. The van der Waals surface area contributed by atoms with Crippen LogP contribution in [0.5, 0.6) is 0 Å². The number of rotatable bonds is 7. The third-order valence-corrected chi connectivity index (χ3v) is 8.15. The van der Waals surface area contributed by atoms with Crippen molar-refractivity contribution in [2.24, 2.45) is 0 Å². The molecule has 13 heteroatoms. The first kappa shape index (κ1) is 26.4. The van der Waals surface area contributed by atoms with E-state index in [1.807, 2.05) is 18.2 Å². The molecule has 0 radical (unpaired) electrons. The maximum Gasteiger partial charge on any atom is 0.242 e. The van der Waals surface area contributed by atoms with Crippen molar-refractivity contribution in [1.82, 2.24) is 24.5 Å². The molecule has 0 atom stereocenters. The van der Waals surface area contributed by atoms with Crippen LogP contribution in [0.15, 0.2) is 46.5 Å². The highest BCUT2D eigenvalue weighted by Crippen LogP contribution is 2.31. The molecule has 1 heterocycles. The lowest BCUT2D eigenvalue weighted by Crippen LogP contribution is -2.22. The summed E-state index contributed by atoms with van der Waals surface area (Å²) in [6.45, 7) is 6.28. The predicted molar refractivity (Wildman–Crippen MR) is 135 cm³/mol. The SMILES string of the molecule is CN(C)S(=O)(=O)c1ccc(NC(=O)CSc2nnnn2-c2ccc(C(C)(C)C)cc2Cl)c(Cl)c1. The summed E-state index contributed by atoms with van der Waals surface area (Å²) in [5, 5.41) is 15.3. The molecule has 2 aromatic carbocycles. The highest BCUT2D eigenvalue weighted by Gasteiger charge is 2.20. The van der Waals surface area contributed by atoms with E-state index in [2.05, 4.69) is 41.6 Å². The number of nitrogens with zero attached hydrogens (tertiary/aromatic N) is 5. The standard InChI is InChI=1S/C21H24Cl2N6O3S2/c1-21(2,3)13-6-9-18(16(23)10-13)29-20(25-26-27-29)33-12-19(30)24-17-8-7-14(11-15(17)22)34(31,32)28(4)5/h6-11H,12H2,1-5H3,(H,24,30). The van der Waals surface area contributed by atoms with Gasteiger partial charge in [-0.2, -0.15) is 4.68 Å². The molecule has 0 spiro atoms. The average molecular weight is 544 g/mol. The first-order valence-electron chi connectivity index (χ1n) is 10.0. The van der Waals surface area contributed by atoms with Gasteiger partial charge in [0.1, 0.15) is 0 Å². The molecule has 3 rings (SSSR count). The molecule has 0 aliphatic rings. The third-order valence-electron chi connectivity index (χ3n) is 4.81. The molecule has 0 aliphatic carbocycles. The summed E-state index contributed by atoms with van der Waals surface area (Å²) in [6, 6.07) is 9.81. The van der Waals surface area contributed by atoms with Gasteiger partial charge in [0.05, 0.1) is 32.1 Å². The number of tetrazole rings is 1. The van der Waals surface area contributed by atoms with Crippen molar-refractivity contribution >= 4 is 56.6 Å². The minimum atomic E-state index is -3.63. The van der Waals surface area contributed by atoms with Crippen molar-refractivity contribution < 1.29 is 13.2 Å². The van der Waals surface area contributed by atoms with Crippen LogP contribution in [0.2, 0.25) is 10.0 Å². The van der Waals surface area contributed by atoms with Crippen molar-refractivity contribution in [2.75, 3.05) is 25.2 Å². The normalized spacial score (nSPS) is 12.2. The number of carbonyl (C=O) groups excluding carboxylic acids is 1. The van der Waals surface area contributed by atoms with Crippen LogP contribution in [0.25, 0.3) is 5.69 Å². The highest BCUT2D eigenvalue weighted by molar-refractivity contribution is 7.99. The second-order valence-corrected chi connectivity index (χ2v) is 12.5. The zero-order valence-electron chi connectivity index (χ0n) is 19.2. The molecular formula is C21H24Cl2N6O3S2. The summed E-state index contributed by atoms with van der Waals surface area (Å²) in [5.74, 6) is -0.370. The minimum Gasteiger partial charge on any atom is -0.324 e. The molecule has 34 heavy (non-hydrogen) atoms. The number of hydrogen-bond donors (Lipinski definition) is 1. The second-order valence-electron chi connectivity index (χ2n) is 8.56. The quantitative estimate of drug-likeness (QED) is 0.444. The summed E-state index contributed by atoms with van der Waals surface area (Å²) in [4.78, 5) is 12.5. The van der Waals surface area contributed by atoms with Gasteiger partial charge in [0.15, 0.2) is 0 Å². The van der Waals surface area contributed by atoms with Gasteiger partial charge in [-0.15, -0.1) is 5.10 Å². The van der Waals surface area contributed by atoms with E-state index < -0.39 is 10.0 Å². The maximum absolute atomic E-state index is 12.5. The van der Waals surface area contributed by atoms with E-state index in [0.29, 0.717) is 21.6 Å². The first-order valence-corrected chi connectivity index (χ1v) is 13.2. The Balaban J connectivity index is 1.70. The fourth-order valence-electron chi connectivity index (χ4n) is 2.85. The summed E-state index contributed by atoms with van der Waals surface area (Å²) in [6.07, 6.45) is 0. The van der Waals surface area contributed by atoms with E-state index in [9.17, 15) is 13.2 Å². The molecule has 1 N–H and O–H groups in total. The summed E-state index contributed by atoms with van der Waals surface area (Å²) in [7, 11) is -0.781. The smallest absolute Gasteiger partial charge is 0.242 e. The van der Waals surface area contributed by atoms with Crippen LogP contribution in [-0.4, -0.2) is 58.7 Å². The molecule has 182 valence electrons. The average Bonchev–Trinajstić information content (AvgIpc) is 3.21. The van der Waals surface area contributed by atoms with Gasteiger partial charge in [0.2, 0.25) is 21.1 Å². The van der Waals surface area contributed by atoms with Crippen molar-refractivity contribution in [3.05, 3.63) is 52.0 Å². The summed E-state index contributed by atoms with van der Waals surface area (Å²) >= 11 is 13.8. The lowest BCUT2D eigenvalue weighted by molar-refractivity contribution is -0.113. The van der Waals surface area contributed by atoms with E-state index in [4.69, 9.17) is 23.2 Å². The van der Waals surface area contributed by atoms with Crippen molar-refractivity contribution in [1.29, 1.82) is 0 Å². The Hall–Kier alpha value is -2.18. The number of thioether (sulfide) groups is 1. The van der Waals surface area contributed by atoms with Gasteiger partial charge >= 0.3 is 0 Å². The van der Waals surface area contributed by atoms with E-state index in [1.54, 1.807) is 0 Å². The highest BCUT2D eigenvalue weighted by atomic mass is 35.5. The van der Waals surface area contributed by atoms with Gasteiger partial charge in [-0.25, -0.2) is 12.7 Å². The van der Waals surface area contributed by atoms with Crippen LogP contribution >= 0.6 is 35.0 Å². The van der Waals surface area contributed by atoms with Crippen molar-refractivity contribution in [3.8, 4) is 5.69 Å². The van der Waals surface area contributed by atoms with Gasteiger partial charge in [0.25, 0.3) is 0 Å². The molecular weight excluding hydrogens is 519 g/mol. The van der Waals surface area contributed by atoms with Crippen LogP contribution in [0, 0.1) is 0 Å². The number of amides is 1. The van der Waals surface area contributed by atoms with Crippen LogP contribution in [0.3, 0.4) is 0 Å². The first-order chi connectivity index (χ1) is 15.8. The van der Waals surface area contributed by atoms with Gasteiger partial charge in [0, 0.05) is 14.1 Å².